The predicted octanol–water partition coefficient (Wildman–Crippen LogP) is 2.15. The number of rotatable bonds is 5. The van der Waals surface area contributed by atoms with Gasteiger partial charge in [-0.15, -0.1) is 0 Å². The van der Waals surface area contributed by atoms with Crippen LogP contribution in [0.1, 0.15) is 19.4 Å². The smallest absolute Gasteiger partial charge is 0.322 e. The lowest BCUT2D eigenvalue weighted by molar-refractivity contribution is -0.145. The third kappa shape index (κ3) is 3.73. The van der Waals surface area contributed by atoms with Crippen molar-refractivity contribution in [3.05, 3.63) is 35.1 Å². The molecule has 0 bridgehead atoms. The quantitative estimate of drug-likeness (QED) is 0.652. The van der Waals surface area contributed by atoms with Gasteiger partial charge in [-0.2, -0.15) is 0 Å². The SMILES string of the molecule is CCOC(=O)C(C)NCc1cc(F)c(F)c(F)c1. The first-order chi connectivity index (χ1) is 8.45. The molecule has 0 aromatic heterocycles. The van der Waals surface area contributed by atoms with Crippen molar-refractivity contribution in [3.8, 4) is 0 Å². The van der Waals surface area contributed by atoms with E-state index >= 15 is 0 Å². The maximum atomic E-state index is 12.9. The molecule has 0 aliphatic rings. The van der Waals surface area contributed by atoms with Gasteiger partial charge in [-0.05, 0) is 31.5 Å². The summed E-state index contributed by atoms with van der Waals surface area (Å²) in [4.78, 5) is 11.3. The van der Waals surface area contributed by atoms with E-state index in [1.807, 2.05) is 0 Å². The van der Waals surface area contributed by atoms with Crippen LogP contribution in [0.25, 0.3) is 0 Å². The van der Waals surface area contributed by atoms with Crippen LogP contribution in [-0.2, 0) is 16.1 Å². The number of esters is 1. The van der Waals surface area contributed by atoms with Crippen molar-refractivity contribution in [1.29, 1.82) is 0 Å². The highest BCUT2D eigenvalue weighted by atomic mass is 19.2. The Morgan fingerprint density at radius 1 is 1.33 bits per heavy atom. The van der Waals surface area contributed by atoms with E-state index in [0.717, 1.165) is 12.1 Å². The predicted molar refractivity (Wildman–Crippen MR) is 59.3 cm³/mol. The fourth-order valence-electron chi connectivity index (χ4n) is 1.33. The molecule has 0 radical (unpaired) electrons. The van der Waals surface area contributed by atoms with Gasteiger partial charge in [0.1, 0.15) is 6.04 Å². The summed E-state index contributed by atoms with van der Waals surface area (Å²) in [6.07, 6.45) is 0. The minimum Gasteiger partial charge on any atom is -0.465 e. The highest BCUT2D eigenvalue weighted by Gasteiger charge is 2.14. The normalized spacial score (nSPS) is 12.3. The zero-order valence-electron chi connectivity index (χ0n) is 10.1. The summed E-state index contributed by atoms with van der Waals surface area (Å²) in [5.74, 6) is -4.47. The standard InChI is InChI=1S/C12H14F3NO2/c1-3-18-12(17)7(2)16-6-8-4-9(13)11(15)10(14)5-8/h4-5,7,16H,3,6H2,1-2H3. The van der Waals surface area contributed by atoms with Crippen LogP contribution in [-0.4, -0.2) is 18.6 Å². The van der Waals surface area contributed by atoms with Gasteiger partial charge in [-0.1, -0.05) is 0 Å². The molecule has 18 heavy (non-hydrogen) atoms. The molecule has 0 saturated heterocycles. The average molecular weight is 261 g/mol. The van der Waals surface area contributed by atoms with Crippen molar-refractivity contribution >= 4 is 5.97 Å². The Balaban J connectivity index is 2.61. The van der Waals surface area contributed by atoms with Gasteiger partial charge in [0, 0.05) is 6.54 Å². The maximum absolute atomic E-state index is 12.9. The van der Waals surface area contributed by atoms with Gasteiger partial charge in [-0.25, -0.2) is 13.2 Å². The lowest BCUT2D eigenvalue weighted by atomic mass is 10.2. The van der Waals surface area contributed by atoms with Gasteiger partial charge in [0.05, 0.1) is 6.61 Å². The fourth-order valence-corrected chi connectivity index (χ4v) is 1.33. The maximum Gasteiger partial charge on any atom is 0.322 e. The second-order valence-corrected chi connectivity index (χ2v) is 3.73. The molecule has 0 spiro atoms. The third-order valence-corrected chi connectivity index (χ3v) is 2.30. The number of hydrogen-bond acceptors (Lipinski definition) is 3. The molecule has 1 aromatic rings. The molecule has 1 N–H and O–H groups in total. The van der Waals surface area contributed by atoms with Crippen LogP contribution in [0.5, 0.6) is 0 Å². The zero-order valence-corrected chi connectivity index (χ0v) is 10.1. The van der Waals surface area contributed by atoms with Crippen molar-refractivity contribution < 1.29 is 22.7 Å². The molecule has 3 nitrogen and oxygen atoms in total. The Hall–Kier alpha value is -1.56. The lowest BCUT2D eigenvalue weighted by Gasteiger charge is -2.12. The van der Waals surface area contributed by atoms with Crippen LogP contribution >= 0.6 is 0 Å². The van der Waals surface area contributed by atoms with E-state index in [1.54, 1.807) is 13.8 Å². The first-order valence-electron chi connectivity index (χ1n) is 5.49. The van der Waals surface area contributed by atoms with Gasteiger partial charge in [0.2, 0.25) is 0 Å². The van der Waals surface area contributed by atoms with E-state index in [2.05, 4.69) is 5.32 Å². The van der Waals surface area contributed by atoms with Crippen molar-refractivity contribution in [2.45, 2.75) is 26.4 Å². The second-order valence-electron chi connectivity index (χ2n) is 3.73. The van der Waals surface area contributed by atoms with E-state index in [4.69, 9.17) is 4.74 Å². The molecule has 1 aromatic carbocycles. The van der Waals surface area contributed by atoms with E-state index in [9.17, 15) is 18.0 Å². The number of benzene rings is 1. The first-order valence-corrected chi connectivity index (χ1v) is 5.49. The van der Waals surface area contributed by atoms with Crippen LogP contribution in [0.4, 0.5) is 13.2 Å². The summed E-state index contributed by atoms with van der Waals surface area (Å²) in [5, 5.41) is 2.73. The van der Waals surface area contributed by atoms with Gasteiger partial charge >= 0.3 is 5.97 Å². The third-order valence-electron chi connectivity index (χ3n) is 2.30. The topological polar surface area (TPSA) is 38.3 Å². The minimum absolute atomic E-state index is 0.0358. The Bertz CT molecular complexity index is 414. The number of carbonyl (C=O) groups excluding carboxylic acids is 1. The Morgan fingerprint density at radius 2 is 1.89 bits per heavy atom. The molecule has 1 atom stereocenters. The van der Waals surface area contributed by atoms with Crippen molar-refractivity contribution in [2.24, 2.45) is 0 Å². The van der Waals surface area contributed by atoms with Crippen molar-refractivity contribution in [3.63, 3.8) is 0 Å². The molecule has 0 saturated carbocycles. The molecule has 1 rings (SSSR count). The molecule has 100 valence electrons. The van der Waals surface area contributed by atoms with Crippen molar-refractivity contribution in [1.82, 2.24) is 5.32 Å². The number of ether oxygens (including phenoxy) is 1. The number of halogens is 3. The monoisotopic (exact) mass is 261 g/mol. The summed E-state index contributed by atoms with van der Waals surface area (Å²) in [7, 11) is 0. The molecular formula is C12H14F3NO2. The van der Waals surface area contributed by atoms with Gasteiger partial charge < -0.3 is 10.1 Å². The summed E-state index contributed by atoms with van der Waals surface area (Å²) in [6.45, 7) is 3.53. The van der Waals surface area contributed by atoms with Gasteiger partial charge in [0.15, 0.2) is 17.5 Å². The molecule has 1 unspecified atom stereocenters. The van der Waals surface area contributed by atoms with Crippen LogP contribution < -0.4 is 5.32 Å². The van der Waals surface area contributed by atoms with Crippen LogP contribution in [0, 0.1) is 17.5 Å². The summed E-state index contributed by atoms with van der Waals surface area (Å²) < 4.78 is 43.3. The average Bonchev–Trinajstić information content (AvgIpc) is 2.33. The van der Waals surface area contributed by atoms with Gasteiger partial charge in [-0.3, -0.25) is 4.79 Å². The molecule has 0 amide bonds. The molecule has 0 heterocycles. The lowest BCUT2D eigenvalue weighted by Crippen LogP contribution is -2.34. The number of hydrogen-bond donors (Lipinski definition) is 1. The second kappa shape index (κ2) is 6.39. The molecule has 0 aliphatic heterocycles. The van der Waals surface area contributed by atoms with Crippen LogP contribution in [0.15, 0.2) is 12.1 Å². The minimum atomic E-state index is -1.50. The highest BCUT2D eigenvalue weighted by molar-refractivity contribution is 5.75. The van der Waals surface area contributed by atoms with E-state index in [0.29, 0.717) is 0 Å². The van der Waals surface area contributed by atoms with E-state index in [1.165, 1.54) is 0 Å². The molecule has 6 heteroatoms. The van der Waals surface area contributed by atoms with Gasteiger partial charge in [0.25, 0.3) is 0 Å². The largest absolute Gasteiger partial charge is 0.465 e. The molecule has 0 aliphatic carbocycles. The van der Waals surface area contributed by atoms with Crippen molar-refractivity contribution in [2.75, 3.05) is 6.61 Å². The Kier molecular flexibility index (Phi) is 5.15. The fraction of sp³-hybridized carbons (Fsp3) is 0.417. The zero-order chi connectivity index (χ0) is 13.7. The summed E-state index contributed by atoms with van der Waals surface area (Å²) >= 11 is 0. The molecular weight excluding hydrogens is 247 g/mol. The van der Waals surface area contributed by atoms with E-state index in [-0.39, 0.29) is 18.7 Å². The van der Waals surface area contributed by atoms with Crippen LogP contribution in [0.3, 0.4) is 0 Å². The first kappa shape index (κ1) is 14.5. The van der Waals surface area contributed by atoms with Crippen LogP contribution in [0.2, 0.25) is 0 Å². The number of carbonyl (C=O) groups is 1. The van der Waals surface area contributed by atoms with E-state index < -0.39 is 29.5 Å². The summed E-state index contributed by atoms with van der Waals surface area (Å²) in [6, 6.07) is 1.15. The molecule has 0 fully saturated rings. The summed E-state index contributed by atoms with van der Waals surface area (Å²) in [5.41, 5.74) is 0.211. The highest BCUT2D eigenvalue weighted by Crippen LogP contribution is 2.13. The Morgan fingerprint density at radius 3 is 2.39 bits per heavy atom. The Labute approximate surface area is 103 Å². The number of nitrogens with one attached hydrogen (secondary N) is 1.